The van der Waals surface area contributed by atoms with Crippen molar-refractivity contribution in [2.45, 2.75) is 58.3 Å². The monoisotopic (exact) mass is 255 g/mol. The second-order valence-corrected chi connectivity index (χ2v) is 4.29. The summed E-state index contributed by atoms with van der Waals surface area (Å²) in [5.41, 5.74) is 0. The number of alkyl halides is 1. The standard InChI is InChI=1S/C12H26ClN.ClH/c1-2-3-4-5-6-8-11-14-12-9-7-10-13;/h14H,2-12H2,1H3;1H. The van der Waals surface area contributed by atoms with Gasteiger partial charge in [-0.05, 0) is 32.4 Å². The second-order valence-electron chi connectivity index (χ2n) is 3.91. The zero-order valence-electron chi connectivity index (χ0n) is 10.1. The first kappa shape index (κ1) is 17.9. The fourth-order valence-corrected chi connectivity index (χ4v) is 1.69. The van der Waals surface area contributed by atoms with Crippen molar-refractivity contribution >= 4 is 24.0 Å². The van der Waals surface area contributed by atoms with Crippen molar-refractivity contribution in [1.82, 2.24) is 5.32 Å². The SMILES string of the molecule is CCCCCCCCNCCCCCl.Cl. The van der Waals surface area contributed by atoms with E-state index < -0.39 is 0 Å². The molecule has 0 aliphatic heterocycles. The van der Waals surface area contributed by atoms with Gasteiger partial charge >= 0.3 is 0 Å². The van der Waals surface area contributed by atoms with Crippen molar-refractivity contribution in [3.05, 3.63) is 0 Å². The Morgan fingerprint density at radius 2 is 1.33 bits per heavy atom. The van der Waals surface area contributed by atoms with E-state index in [1.807, 2.05) is 0 Å². The zero-order chi connectivity index (χ0) is 10.5. The van der Waals surface area contributed by atoms with Gasteiger partial charge in [-0.15, -0.1) is 24.0 Å². The minimum Gasteiger partial charge on any atom is -0.317 e. The van der Waals surface area contributed by atoms with Crippen LogP contribution < -0.4 is 5.32 Å². The maximum atomic E-state index is 5.58. The van der Waals surface area contributed by atoms with Crippen LogP contribution in [0.3, 0.4) is 0 Å². The van der Waals surface area contributed by atoms with Gasteiger partial charge in [-0.3, -0.25) is 0 Å². The highest BCUT2D eigenvalue weighted by Gasteiger charge is 1.90. The Labute approximate surface area is 107 Å². The average Bonchev–Trinajstić information content (AvgIpc) is 2.21. The molecule has 0 amide bonds. The molecule has 0 spiro atoms. The van der Waals surface area contributed by atoms with Gasteiger partial charge in [0.15, 0.2) is 0 Å². The van der Waals surface area contributed by atoms with E-state index in [2.05, 4.69) is 12.2 Å². The Morgan fingerprint density at radius 3 is 1.93 bits per heavy atom. The molecular formula is C12H27Cl2N. The van der Waals surface area contributed by atoms with Crippen molar-refractivity contribution in [1.29, 1.82) is 0 Å². The second kappa shape index (κ2) is 17.0. The molecule has 3 heteroatoms. The highest BCUT2D eigenvalue weighted by molar-refractivity contribution is 6.17. The molecule has 0 aliphatic rings. The van der Waals surface area contributed by atoms with Crippen LogP contribution >= 0.6 is 24.0 Å². The molecule has 94 valence electrons. The number of hydrogen-bond acceptors (Lipinski definition) is 1. The predicted molar refractivity (Wildman–Crippen MR) is 73.4 cm³/mol. The quantitative estimate of drug-likeness (QED) is 0.427. The minimum absolute atomic E-state index is 0. The summed E-state index contributed by atoms with van der Waals surface area (Å²) < 4.78 is 0. The van der Waals surface area contributed by atoms with E-state index >= 15 is 0 Å². The third kappa shape index (κ3) is 17.2. The molecule has 0 saturated heterocycles. The maximum Gasteiger partial charge on any atom is 0.0223 e. The molecular weight excluding hydrogens is 229 g/mol. The normalized spacial score (nSPS) is 10.0. The summed E-state index contributed by atoms with van der Waals surface area (Å²) in [6.45, 7) is 4.59. The van der Waals surface area contributed by atoms with E-state index in [4.69, 9.17) is 11.6 Å². The van der Waals surface area contributed by atoms with E-state index in [-0.39, 0.29) is 12.4 Å². The lowest BCUT2D eigenvalue weighted by molar-refractivity contribution is 0.563. The van der Waals surface area contributed by atoms with Crippen molar-refractivity contribution in [2.24, 2.45) is 0 Å². The molecule has 0 rings (SSSR count). The largest absolute Gasteiger partial charge is 0.317 e. The highest BCUT2D eigenvalue weighted by Crippen LogP contribution is 2.03. The lowest BCUT2D eigenvalue weighted by Gasteiger charge is -2.03. The number of unbranched alkanes of at least 4 members (excludes halogenated alkanes) is 6. The molecule has 1 nitrogen and oxygen atoms in total. The molecule has 0 unspecified atom stereocenters. The van der Waals surface area contributed by atoms with Gasteiger partial charge in [0.25, 0.3) is 0 Å². The molecule has 0 aliphatic carbocycles. The van der Waals surface area contributed by atoms with Crippen LogP contribution in [0.5, 0.6) is 0 Å². The van der Waals surface area contributed by atoms with Crippen LogP contribution in [-0.2, 0) is 0 Å². The van der Waals surface area contributed by atoms with Crippen LogP contribution in [0.4, 0.5) is 0 Å². The predicted octanol–water partition coefficient (Wildman–Crippen LogP) is 4.38. The highest BCUT2D eigenvalue weighted by atomic mass is 35.5. The molecule has 0 heterocycles. The van der Waals surface area contributed by atoms with E-state index in [0.717, 1.165) is 18.8 Å². The summed E-state index contributed by atoms with van der Waals surface area (Å²) in [4.78, 5) is 0. The van der Waals surface area contributed by atoms with E-state index in [1.165, 1.54) is 51.5 Å². The van der Waals surface area contributed by atoms with Crippen LogP contribution in [0.25, 0.3) is 0 Å². The number of rotatable bonds is 11. The summed E-state index contributed by atoms with van der Waals surface area (Å²) >= 11 is 5.58. The van der Waals surface area contributed by atoms with Crippen molar-refractivity contribution in [3.63, 3.8) is 0 Å². The van der Waals surface area contributed by atoms with Gasteiger partial charge < -0.3 is 5.32 Å². The smallest absolute Gasteiger partial charge is 0.0223 e. The lowest BCUT2D eigenvalue weighted by Crippen LogP contribution is -2.16. The molecule has 0 radical (unpaired) electrons. The fraction of sp³-hybridized carbons (Fsp3) is 1.00. The topological polar surface area (TPSA) is 12.0 Å². The third-order valence-corrected chi connectivity index (χ3v) is 2.71. The average molecular weight is 256 g/mol. The number of halogens is 2. The first-order valence-corrected chi connectivity index (χ1v) is 6.72. The summed E-state index contributed by atoms with van der Waals surface area (Å²) in [5, 5.41) is 3.45. The molecule has 0 aromatic rings. The molecule has 0 bridgehead atoms. The number of hydrogen-bond donors (Lipinski definition) is 1. The Kier molecular flexibility index (Phi) is 20.3. The Hall–Kier alpha value is 0.540. The van der Waals surface area contributed by atoms with Crippen molar-refractivity contribution < 1.29 is 0 Å². The van der Waals surface area contributed by atoms with Crippen LogP contribution in [0, 0.1) is 0 Å². The summed E-state index contributed by atoms with van der Waals surface area (Å²) in [6, 6.07) is 0. The third-order valence-electron chi connectivity index (χ3n) is 2.44. The molecule has 0 aromatic carbocycles. The molecule has 1 N–H and O–H groups in total. The van der Waals surface area contributed by atoms with Crippen LogP contribution in [0.2, 0.25) is 0 Å². The van der Waals surface area contributed by atoms with Crippen LogP contribution in [0.15, 0.2) is 0 Å². The van der Waals surface area contributed by atoms with Gasteiger partial charge in [0.1, 0.15) is 0 Å². The Morgan fingerprint density at radius 1 is 0.800 bits per heavy atom. The zero-order valence-corrected chi connectivity index (χ0v) is 11.6. The molecule has 15 heavy (non-hydrogen) atoms. The summed E-state index contributed by atoms with van der Waals surface area (Å²) in [6.07, 6.45) is 10.7. The van der Waals surface area contributed by atoms with Gasteiger partial charge in [0.05, 0.1) is 0 Å². The lowest BCUT2D eigenvalue weighted by atomic mass is 10.1. The molecule has 0 atom stereocenters. The first-order valence-electron chi connectivity index (χ1n) is 6.18. The Bertz CT molecular complexity index is 87.6. The summed E-state index contributed by atoms with van der Waals surface area (Å²) in [5.74, 6) is 0.804. The van der Waals surface area contributed by atoms with Crippen molar-refractivity contribution in [3.8, 4) is 0 Å². The van der Waals surface area contributed by atoms with E-state index in [1.54, 1.807) is 0 Å². The van der Waals surface area contributed by atoms with Gasteiger partial charge in [0, 0.05) is 5.88 Å². The summed E-state index contributed by atoms with van der Waals surface area (Å²) in [7, 11) is 0. The van der Waals surface area contributed by atoms with Crippen molar-refractivity contribution in [2.75, 3.05) is 19.0 Å². The van der Waals surface area contributed by atoms with E-state index in [0.29, 0.717) is 0 Å². The van der Waals surface area contributed by atoms with Crippen LogP contribution in [-0.4, -0.2) is 19.0 Å². The molecule has 0 fully saturated rings. The fourth-order valence-electron chi connectivity index (χ4n) is 1.50. The first-order chi connectivity index (χ1) is 6.91. The number of nitrogens with one attached hydrogen (secondary N) is 1. The molecule has 0 aromatic heterocycles. The van der Waals surface area contributed by atoms with E-state index in [9.17, 15) is 0 Å². The van der Waals surface area contributed by atoms with Gasteiger partial charge in [0.2, 0.25) is 0 Å². The van der Waals surface area contributed by atoms with Gasteiger partial charge in [-0.2, -0.15) is 0 Å². The van der Waals surface area contributed by atoms with Gasteiger partial charge in [-0.25, -0.2) is 0 Å². The minimum atomic E-state index is 0. The Balaban J connectivity index is 0. The van der Waals surface area contributed by atoms with Gasteiger partial charge in [-0.1, -0.05) is 39.0 Å². The van der Waals surface area contributed by atoms with Crippen LogP contribution in [0.1, 0.15) is 58.3 Å². The molecule has 0 saturated carbocycles. The maximum absolute atomic E-state index is 5.58.